The number of ketones is 1. The van der Waals surface area contributed by atoms with E-state index in [1.54, 1.807) is 24.3 Å². The molecule has 2 aromatic rings. The maximum absolute atomic E-state index is 12.5. The molecule has 3 aliphatic rings. The molecule has 1 aromatic heterocycles. The predicted octanol–water partition coefficient (Wildman–Crippen LogP) is 2.49. The molecule has 26 heavy (non-hydrogen) atoms. The van der Waals surface area contributed by atoms with E-state index in [0.717, 1.165) is 32.5 Å². The first-order chi connectivity index (χ1) is 12.6. The van der Waals surface area contributed by atoms with Crippen LogP contribution in [0.3, 0.4) is 0 Å². The molecule has 3 aliphatic heterocycles. The zero-order chi connectivity index (χ0) is 18.1. The number of amides is 1. The lowest BCUT2D eigenvalue weighted by Gasteiger charge is -2.44. The zero-order valence-electron chi connectivity index (χ0n) is 14.6. The van der Waals surface area contributed by atoms with Gasteiger partial charge in [0.2, 0.25) is 0 Å². The lowest BCUT2D eigenvalue weighted by Crippen LogP contribution is -2.57. The summed E-state index contributed by atoms with van der Waals surface area (Å²) < 4.78 is 10.7. The van der Waals surface area contributed by atoms with E-state index < -0.39 is 0 Å². The summed E-state index contributed by atoms with van der Waals surface area (Å²) in [6.07, 6.45) is 3.65. The van der Waals surface area contributed by atoms with Crippen molar-refractivity contribution in [2.24, 2.45) is 5.92 Å². The molecule has 3 fully saturated rings. The van der Waals surface area contributed by atoms with Gasteiger partial charge in [-0.2, -0.15) is 4.98 Å². The van der Waals surface area contributed by atoms with Crippen molar-refractivity contribution in [2.45, 2.75) is 25.8 Å². The van der Waals surface area contributed by atoms with Gasteiger partial charge in [0.25, 0.3) is 5.91 Å². The highest BCUT2D eigenvalue weighted by Gasteiger charge is 2.34. The first-order valence-corrected chi connectivity index (χ1v) is 8.86. The molecule has 2 bridgehead atoms. The van der Waals surface area contributed by atoms with Gasteiger partial charge in [-0.05, 0) is 56.1 Å². The Hall–Kier alpha value is -2.67. The van der Waals surface area contributed by atoms with Crippen molar-refractivity contribution in [3.8, 4) is 11.8 Å². The molecular formula is C19H21N3O4. The smallest absolute Gasteiger partial charge is 0.399 e. The molecule has 1 atom stereocenters. The second-order valence-corrected chi connectivity index (χ2v) is 6.89. The fourth-order valence-corrected chi connectivity index (χ4v) is 3.62. The van der Waals surface area contributed by atoms with E-state index in [4.69, 9.17) is 9.15 Å². The molecule has 3 saturated heterocycles. The Morgan fingerprint density at radius 2 is 1.96 bits per heavy atom. The highest BCUT2D eigenvalue weighted by atomic mass is 16.6. The topological polar surface area (TPSA) is 84.7 Å². The number of ether oxygens (including phenoxy) is 1. The van der Waals surface area contributed by atoms with Crippen LogP contribution in [0.2, 0.25) is 0 Å². The number of hydrogen-bond donors (Lipinski definition) is 1. The molecule has 136 valence electrons. The Bertz CT molecular complexity index is 806. The van der Waals surface area contributed by atoms with Gasteiger partial charge in [0, 0.05) is 25.1 Å². The van der Waals surface area contributed by atoms with Gasteiger partial charge in [0.05, 0.1) is 6.20 Å². The number of hydrogen-bond acceptors (Lipinski definition) is 6. The minimum absolute atomic E-state index is 0.000294. The van der Waals surface area contributed by atoms with Crippen molar-refractivity contribution in [1.82, 2.24) is 15.2 Å². The quantitative estimate of drug-likeness (QED) is 0.830. The summed E-state index contributed by atoms with van der Waals surface area (Å²) in [6.45, 7) is 4.64. The van der Waals surface area contributed by atoms with Gasteiger partial charge in [-0.25, -0.2) is 0 Å². The van der Waals surface area contributed by atoms with Gasteiger partial charge in [0.1, 0.15) is 5.75 Å². The number of nitrogens with one attached hydrogen (secondary N) is 1. The Kier molecular flexibility index (Phi) is 4.46. The van der Waals surface area contributed by atoms with E-state index >= 15 is 0 Å². The van der Waals surface area contributed by atoms with Gasteiger partial charge >= 0.3 is 6.08 Å². The number of Topliss-reactive ketones (excluding diaryl/α,β-unsaturated/α-hetero) is 1. The van der Waals surface area contributed by atoms with Crippen LogP contribution >= 0.6 is 0 Å². The van der Waals surface area contributed by atoms with Crippen LogP contribution in [-0.4, -0.2) is 47.3 Å². The molecule has 7 nitrogen and oxygen atoms in total. The number of fused-ring (bicyclic) bond motifs is 3. The third-order valence-corrected chi connectivity index (χ3v) is 5.13. The molecule has 1 amide bonds. The van der Waals surface area contributed by atoms with Crippen molar-refractivity contribution in [3.05, 3.63) is 41.8 Å². The molecule has 0 saturated carbocycles. The average Bonchev–Trinajstić information content (AvgIpc) is 3.12. The number of oxazole rings is 1. The number of aromatic nitrogens is 1. The van der Waals surface area contributed by atoms with Crippen molar-refractivity contribution < 1.29 is 18.7 Å². The van der Waals surface area contributed by atoms with Crippen LogP contribution in [0.25, 0.3) is 0 Å². The molecule has 0 unspecified atom stereocenters. The summed E-state index contributed by atoms with van der Waals surface area (Å²) in [5.41, 5.74) is 0.589. The summed E-state index contributed by atoms with van der Waals surface area (Å²) >= 11 is 0. The third kappa shape index (κ3) is 3.48. The highest BCUT2D eigenvalue weighted by molar-refractivity contribution is 5.94. The van der Waals surface area contributed by atoms with Gasteiger partial charge < -0.3 is 19.4 Å². The fraction of sp³-hybridized carbons (Fsp3) is 0.421. The number of rotatable bonds is 5. The predicted molar refractivity (Wildman–Crippen MR) is 93.4 cm³/mol. The summed E-state index contributed by atoms with van der Waals surface area (Å²) in [5, 5.41) is 3.16. The first-order valence-electron chi connectivity index (χ1n) is 8.86. The van der Waals surface area contributed by atoms with Gasteiger partial charge in [-0.3, -0.25) is 9.59 Å². The molecule has 0 radical (unpaired) electrons. The molecule has 0 spiro atoms. The lowest BCUT2D eigenvalue weighted by molar-refractivity contribution is 0.0620. The van der Waals surface area contributed by atoms with Crippen molar-refractivity contribution in [3.63, 3.8) is 0 Å². The molecule has 0 aliphatic carbocycles. The number of benzene rings is 1. The van der Waals surface area contributed by atoms with Crippen molar-refractivity contribution >= 4 is 11.7 Å². The molecule has 1 N–H and O–H groups in total. The van der Waals surface area contributed by atoms with E-state index in [-0.39, 0.29) is 29.6 Å². The maximum atomic E-state index is 12.5. The maximum Gasteiger partial charge on any atom is 0.399 e. The van der Waals surface area contributed by atoms with Crippen LogP contribution in [-0.2, 0) is 0 Å². The van der Waals surface area contributed by atoms with E-state index in [0.29, 0.717) is 17.2 Å². The third-order valence-electron chi connectivity index (χ3n) is 5.13. The largest absolute Gasteiger partial charge is 0.411 e. The first kappa shape index (κ1) is 16.8. The van der Waals surface area contributed by atoms with Crippen molar-refractivity contribution in [1.29, 1.82) is 0 Å². The van der Waals surface area contributed by atoms with E-state index in [1.807, 2.05) is 0 Å². The van der Waals surface area contributed by atoms with E-state index in [9.17, 15) is 9.59 Å². The minimum Gasteiger partial charge on any atom is -0.411 e. The van der Waals surface area contributed by atoms with Crippen LogP contribution in [0.4, 0.5) is 0 Å². The summed E-state index contributed by atoms with van der Waals surface area (Å²) in [4.78, 5) is 30.0. The second-order valence-electron chi connectivity index (χ2n) is 6.89. The molecule has 4 heterocycles. The second kappa shape index (κ2) is 6.92. The SMILES string of the molecule is CC(=O)c1cnc(Oc2ccc(C(=O)N[C@H]3CN4CCC3CC4)cc2)o1. The Balaban J connectivity index is 1.37. The standard InChI is InChI=1S/C19H21N3O4/c1-12(23)17-10-20-19(26-17)25-15-4-2-14(3-5-15)18(24)21-16-11-22-8-6-13(16)7-9-22/h2-5,10,13,16H,6-9,11H2,1H3,(H,21,24)/t16-/m0/s1. The molecular weight excluding hydrogens is 334 g/mol. The highest BCUT2D eigenvalue weighted by Crippen LogP contribution is 2.28. The van der Waals surface area contributed by atoms with Crippen LogP contribution in [0.15, 0.2) is 34.9 Å². The van der Waals surface area contributed by atoms with Gasteiger partial charge in [0.15, 0.2) is 11.5 Å². The summed E-state index contributed by atoms with van der Waals surface area (Å²) in [6, 6.07) is 7.02. The van der Waals surface area contributed by atoms with Crippen LogP contribution in [0.1, 0.15) is 40.7 Å². The number of piperidine rings is 3. The van der Waals surface area contributed by atoms with Crippen molar-refractivity contribution in [2.75, 3.05) is 19.6 Å². The Morgan fingerprint density at radius 3 is 2.54 bits per heavy atom. The summed E-state index contributed by atoms with van der Waals surface area (Å²) in [5.74, 6) is 0.944. The fourth-order valence-electron chi connectivity index (χ4n) is 3.62. The van der Waals surface area contributed by atoms with Gasteiger partial charge in [-0.15, -0.1) is 0 Å². The molecule has 7 heteroatoms. The number of carbonyl (C=O) groups is 2. The zero-order valence-corrected chi connectivity index (χ0v) is 14.6. The Labute approximate surface area is 151 Å². The monoisotopic (exact) mass is 355 g/mol. The van der Waals surface area contributed by atoms with Gasteiger partial charge in [-0.1, -0.05) is 0 Å². The Morgan fingerprint density at radius 1 is 1.23 bits per heavy atom. The molecule has 5 rings (SSSR count). The van der Waals surface area contributed by atoms with E-state index in [2.05, 4.69) is 15.2 Å². The van der Waals surface area contributed by atoms with Crippen LogP contribution < -0.4 is 10.1 Å². The normalized spacial score (nSPS) is 24.3. The van der Waals surface area contributed by atoms with Crippen LogP contribution in [0, 0.1) is 5.92 Å². The number of nitrogens with zero attached hydrogens (tertiary/aromatic N) is 2. The minimum atomic E-state index is -0.216. The summed E-state index contributed by atoms with van der Waals surface area (Å²) in [7, 11) is 0. The van der Waals surface area contributed by atoms with E-state index in [1.165, 1.54) is 13.1 Å². The molecule has 1 aromatic carbocycles. The van der Waals surface area contributed by atoms with Crippen LogP contribution in [0.5, 0.6) is 11.8 Å². The lowest BCUT2D eigenvalue weighted by atomic mass is 9.84. The average molecular weight is 355 g/mol. The number of carbonyl (C=O) groups excluding carboxylic acids is 2.